The first-order valence-corrected chi connectivity index (χ1v) is 14.1. The molecule has 0 aliphatic carbocycles. The molecule has 0 bridgehead atoms. The predicted molar refractivity (Wildman–Crippen MR) is 136 cm³/mol. The van der Waals surface area contributed by atoms with E-state index < -0.39 is 0 Å². The van der Waals surface area contributed by atoms with Crippen LogP contribution < -0.4 is 0 Å². The molecule has 0 rings (SSSR count). The van der Waals surface area contributed by atoms with E-state index in [0.717, 1.165) is 17.8 Å². The van der Waals surface area contributed by atoms with E-state index in [1.54, 1.807) is 0 Å². The number of hydrogen-bond acceptors (Lipinski definition) is 0. The molecule has 0 heterocycles. The van der Waals surface area contributed by atoms with Crippen LogP contribution in [-0.2, 0) is 0 Å². The van der Waals surface area contributed by atoms with Crippen LogP contribution in [0.3, 0.4) is 0 Å². The molecule has 0 fully saturated rings. The minimum atomic E-state index is 0.895. The molecule has 0 amide bonds. The van der Waals surface area contributed by atoms with Gasteiger partial charge in [0.15, 0.2) is 0 Å². The molecule has 0 heteroatoms. The average molecular weight is 409 g/mol. The molecule has 2 unspecified atom stereocenters. The SMILES string of the molecule is CCCCCCC(C)CCCCCC(C)CCCCCCCCCCCC(C)C. The monoisotopic (exact) mass is 408 g/mol. The maximum atomic E-state index is 2.49. The summed E-state index contributed by atoms with van der Waals surface area (Å²) < 4.78 is 0. The zero-order valence-corrected chi connectivity index (χ0v) is 21.6. The van der Waals surface area contributed by atoms with Crippen molar-refractivity contribution in [1.29, 1.82) is 0 Å². The van der Waals surface area contributed by atoms with Crippen LogP contribution in [0.4, 0.5) is 0 Å². The van der Waals surface area contributed by atoms with Crippen molar-refractivity contribution in [3.63, 3.8) is 0 Å². The second-order valence-corrected chi connectivity index (χ2v) is 10.9. The van der Waals surface area contributed by atoms with Crippen LogP contribution in [0.5, 0.6) is 0 Å². The third-order valence-electron chi connectivity index (χ3n) is 6.92. The van der Waals surface area contributed by atoms with Crippen molar-refractivity contribution >= 4 is 0 Å². The van der Waals surface area contributed by atoms with E-state index in [2.05, 4.69) is 34.6 Å². The summed E-state index contributed by atoms with van der Waals surface area (Å²) in [7, 11) is 0. The molecule has 0 spiro atoms. The van der Waals surface area contributed by atoms with Crippen molar-refractivity contribution in [3.8, 4) is 0 Å². The Kier molecular flexibility index (Phi) is 22.7. The molecule has 0 aromatic rings. The number of unbranched alkanes of at least 4 members (excludes halogenated alkanes) is 13. The second-order valence-electron chi connectivity index (χ2n) is 10.9. The molecular weight excluding hydrogens is 348 g/mol. The van der Waals surface area contributed by atoms with E-state index in [9.17, 15) is 0 Å². The minimum absolute atomic E-state index is 0.895. The van der Waals surface area contributed by atoms with Crippen LogP contribution in [0.2, 0.25) is 0 Å². The molecule has 176 valence electrons. The van der Waals surface area contributed by atoms with Gasteiger partial charge in [-0.25, -0.2) is 0 Å². The van der Waals surface area contributed by atoms with Gasteiger partial charge >= 0.3 is 0 Å². The molecule has 0 N–H and O–H groups in total. The first-order valence-electron chi connectivity index (χ1n) is 14.1. The first kappa shape index (κ1) is 29.0. The van der Waals surface area contributed by atoms with E-state index in [-0.39, 0.29) is 0 Å². The minimum Gasteiger partial charge on any atom is -0.0654 e. The highest BCUT2D eigenvalue weighted by molar-refractivity contribution is 4.58. The van der Waals surface area contributed by atoms with Crippen molar-refractivity contribution in [2.75, 3.05) is 0 Å². The summed E-state index contributed by atoms with van der Waals surface area (Å²) in [5.41, 5.74) is 0. The average Bonchev–Trinajstić information content (AvgIpc) is 2.69. The lowest BCUT2D eigenvalue weighted by Crippen LogP contribution is -1.97. The second kappa shape index (κ2) is 22.7. The summed E-state index contributed by atoms with van der Waals surface area (Å²) in [5.74, 6) is 2.82. The highest BCUT2D eigenvalue weighted by Crippen LogP contribution is 2.21. The highest BCUT2D eigenvalue weighted by atomic mass is 14.1. The van der Waals surface area contributed by atoms with Crippen molar-refractivity contribution in [2.24, 2.45) is 17.8 Å². The molecule has 0 saturated carbocycles. The van der Waals surface area contributed by atoms with Gasteiger partial charge in [-0.1, -0.05) is 169 Å². The molecule has 0 aromatic carbocycles. The molecule has 29 heavy (non-hydrogen) atoms. The quantitative estimate of drug-likeness (QED) is 0.147. The summed E-state index contributed by atoms with van der Waals surface area (Å²) in [6.07, 6.45) is 30.7. The van der Waals surface area contributed by atoms with E-state index >= 15 is 0 Å². The van der Waals surface area contributed by atoms with Crippen molar-refractivity contribution < 1.29 is 0 Å². The molecule has 2 atom stereocenters. The van der Waals surface area contributed by atoms with Gasteiger partial charge < -0.3 is 0 Å². The molecule has 0 aliphatic heterocycles. The molecular formula is C29H60. The van der Waals surface area contributed by atoms with E-state index in [0.29, 0.717) is 0 Å². The fraction of sp³-hybridized carbons (Fsp3) is 1.00. The summed E-state index contributed by atoms with van der Waals surface area (Å²) in [6, 6.07) is 0. The first-order chi connectivity index (χ1) is 14.1. The highest BCUT2D eigenvalue weighted by Gasteiger charge is 2.04. The van der Waals surface area contributed by atoms with Crippen LogP contribution in [0, 0.1) is 17.8 Å². The smallest absolute Gasteiger partial charge is 0.0443 e. The fourth-order valence-electron chi connectivity index (χ4n) is 4.65. The summed E-state index contributed by atoms with van der Waals surface area (Å²) in [6.45, 7) is 12.0. The molecule has 0 saturated heterocycles. The molecule has 0 aliphatic rings. The maximum absolute atomic E-state index is 2.49. The van der Waals surface area contributed by atoms with Gasteiger partial charge in [-0.05, 0) is 17.8 Å². The van der Waals surface area contributed by atoms with Crippen LogP contribution >= 0.6 is 0 Å². The van der Waals surface area contributed by atoms with Gasteiger partial charge in [0.25, 0.3) is 0 Å². The molecule has 0 aromatic heterocycles. The summed E-state index contributed by atoms with van der Waals surface area (Å²) in [5, 5.41) is 0. The summed E-state index contributed by atoms with van der Waals surface area (Å²) in [4.78, 5) is 0. The lowest BCUT2D eigenvalue weighted by molar-refractivity contribution is 0.408. The van der Waals surface area contributed by atoms with Gasteiger partial charge in [-0.15, -0.1) is 0 Å². The van der Waals surface area contributed by atoms with Gasteiger partial charge in [-0.3, -0.25) is 0 Å². The Morgan fingerprint density at radius 1 is 0.345 bits per heavy atom. The lowest BCUT2D eigenvalue weighted by atomic mass is 9.93. The van der Waals surface area contributed by atoms with Crippen LogP contribution in [0.25, 0.3) is 0 Å². The predicted octanol–water partition coefficient (Wildman–Crippen LogP) is 11.1. The van der Waals surface area contributed by atoms with Gasteiger partial charge in [0, 0.05) is 0 Å². The Morgan fingerprint density at radius 2 is 0.621 bits per heavy atom. The van der Waals surface area contributed by atoms with E-state index in [1.807, 2.05) is 0 Å². The molecule has 0 radical (unpaired) electrons. The van der Waals surface area contributed by atoms with Crippen LogP contribution in [0.15, 0.2) is 0 Å². The van der Waals surface area contributed by atoms with Gasteiger partial charge in [0.05, 0.1) is 0 Å². The Bertz CT molecular complexity index is 292. The van der Waals surface area contributed by atoms with Crippen molar-refractivity contribution in [1.82, 2.24) is 0 Å². The van der Waals surface area contributed by atoms with E-state index in [1.165, 1.54) is 135 Å². The normalized spacial score (nSPS) is 13.9. The largest absolute Gasteiger partial charge is 0.0654 e. The van der Waals surface area contributed by atoms with Crippen LogP contribution in [-0.4, -0.2) is 0 Å². The fourth-order valence-corrected chi connectivity index (χ4v) is 4.65. The Labute approximate surface area is 187 Å². The van der Waals surface area contributed by atoms with E-state index in [4.69, 9.17) is 0 Å². The standard InChI is InChI=1S/C29H60/c1-6-7-8-18-23-28(4)25-20-16-21-26-29(5)24-19-15-13-11-9-10-12-14-17-22-27(2)3/h27-29H,6-26H2,1-5H3. The lowest BCUT2D eigenvalue weighted by Gasteiger charge is -2.13. The summed E-state index contributed by atoms with van der Waals surface area (Å²) >= 11 is 0. The Balaban J connectivity index is 3.25. The van der Waals surface area contributed by atoms with Crippen molar-refractivity contribution in [3.05, 3.63) is 0 Å². The Hall–Kier alpha value is 0. The van der Waals surface area contributed by atoms with Gasteiger partial charge in [0.2, 0.25) is 0 Å². The van der Waals surface area contributed by atoms with Gasteiger partial charge in [0.1, 0.15) is 0 Å². The number of hydrogen-bond donors (Lipinski definition) is 0. The molecule has 0 nitrogen and oxygen atoms in total. The third kappa shape index (κ3) is 24.1. The van der Waals surface area contributed by atoms with Gasteiger partial charge in [-0.2, -0.15) is 0 Å². The Morgan fingerprint density at radius 3 is 0.966 bits per heavy atom. The zero-order chi connectivity index (χ0) is 21.6. The topological polar surface area (TPSA) is 0 Å². The third-order valence-corrected chi connectivity index (χ3v) is 6.92. The zero-order valence-electron chi connectivity index (χ0n) is 21.6. The van der Waals surface area contributed by atoms with Crippen molar-refractivity contribution in [2.45, 2.75) is 169 Å². The number of rotatable bonds is 23. The maximum Gasteiger partial charge on any atom is -0.0443 e. The van der Waals surface area contributed by atoms with Crippen LogP contribution in [0.1, 0.15) is 169 Å².